The number of nitrogens with one attached hydrogen (secondary N) is 1. The van der Waals surface area contributed by atoms with Crippen molar-refractivity contribution in [2.45, 2.75) is 12.8 Å². The van der Waals surface area contributed by atoms with Gasteiger partial charge in [-0.2, -0.15) is 5.26 Å². The Labute approximate surface area is 176 Å². The first-order valence-electron chi connectivity index (χ1n) is 8.68. The Bertz CT molecular complexity index is 1070. The van der Waals surface area contributed by atoms with Crippen molar-refractivity contribution in [3.8, 4) is 17.3 Å². The minimum atomic E-state index is -1.06. The molecule has 2 N–H and O–H groups in total. The Morgan fingerprint density at radius 2 is 1.93 bits per heavy atom. The summed E-state index contributed by atoms with van der Waals surface area (Å²) in [7, 11) is 0. The molecule has 3 rings (SSSR count). The Morgan fingerprint density at radius 3 is 2.59 bits per heavy atom. The smallest absolute Gasteiger partial charge is 0.304 e. The molecule has 0 fully saturated rings. The Balaban J connectivity index is 1.74. The second-order valence-electron chi connectivity index (χ2n) is 6.31. The molecule has 0 aliphatic rings. The highest BCUT2D eigenvalue weighted by Crippen LogP contribution is 2.30. The Morgan fingerprint density at radius 1 is 1.21 bits per heavy atom. The van der Waals surface area contributed by atoms with Crippen LogP contribution in [-0.4, -0.2) is 22.0 Å². The maximum Gasteiger partial charge on any atom is 0.304 e. The molecule has 0 spiro atoms. The van der Waals surface area contributed by atoms with Crippen LogP contribution in [0.3, 0.4) is 0 Å². The number of anilines is 1. The van der Waals surface area contributed by atoms with Crippen molar-refractivity contribution in [2.75, 3.05) is 5.32 Å². The summed E-state index contributed by atoms with van der Waals surface area (Å²) in [5.41, 5.74) is 2.67. The minimum absolute atomic E-state index is 0.243. The van der Waals surface area contributed by atoms with Crippen LogP contribution in [0.5, 0.6) is 0 Å². The maximum atomic E-state index is 12.7. The number of rotatable bonds is 7. The lowest BCUT2D eigenvalue weighted by Crippen LogP contribution is -2.27. The Kier molecular flexibility index (Phi) is 6.60. The summed E-state index contributed by atoms with van der Waals surface area (Å²) in [6, 6.07) is 16.0. The van der Waals surface area contributed by atoms with Crippen LogP contribution >= 0.6 is 22.9 Å². The van der Waals surface area contributed by atoms with E-state index in [4.69, 9.17) is 16.9 Å². The normalized spacial score (nSPS) is 11.4. The first-order chi connectivity index (χ1) is 14.0. The fraction of sp³-hybridized carbons (Fsp3) is 0.143. The molecule has 8 heteroatoms. The average molecular weight is 426 g/mol. The van der Waals surface area contributed by atoms with E-state index in [9.17, 15) is 14.7 Å². The van der Waals surface area contributed by atoms with Crippen molar-refractivity contribution in [3.63, 3.8) is 0 Å². The van der Waals surface area contributed by atoms with E-state index < -0.39 is 17.8 Å². The molecular formula is C21H16ClN3O3S. The number of aliphatic carboxylic acids is 1. The van der Waals surface area contributed by atoms with Crippen LogP contribution in [0.2, 0.25) is 5.02 Å². The first-order valence-corrected chi connectivity index (χ1v) is 9.94. The zero-order valence-corrected chi connectivity index (χ0v) is 16.7. The van der Waals surface area contributed by atoms with Gasteiger partial charge < -0.3 is 10.4 Å². The third-order valence-corrected chi connectivity index (χ3v) is 5.33. The number of amides is 1. The molecule has 29 heavy (non-hydrogen) atoms. The number of carboxylic acid groups (broad SMARTS) is 1. The van der Waals surface area contributed by atoms with E-state index >= 15 is 0 Å². The van der Waals surface area contributed by atoms with Crippen LogP contribution in [0.1, 0.15) is 17.5 Å². The van der Waals surface area contributed by atoms with Gasteiger partial charge in [-0.25, -0.2) is 4.98 Å². The molecule has 0 saturated heterocycles. The second-order valence-corrected chi connectivity index (χ2v) is 7.58. The van der Waals surface area contributed by atoms with Gasteiger partial charge in [0, 0.05) is 16.0 Å². The van der Waals surface area contributed by atoms with Gasteiger partial charge in [0.1, 0.15) is 0 Å². The van der Waals surface area contributed by atoms with Crippen LogP contribution < -0.4 is 5.32 Å². The van der Waals surface area contributed by atoms with Crippen molar-refractivity contribution in [1.29, 1.82) is 5.26 Å². The molecule has 0 saturated carbocycles. The topological polar surface area (TPSA) is 103 Å². The molecule has 0 aliphatic heterocycles. The van der Waals surface area contributed by atoms with Gasteiger partial charge in [-0.15, -0.1) is 11.3 Å². The third kappa shape index (κ3) is 5.41. The highest BCUT2D eigenvalue weighted by molar-refractivity contribution is 7.14. The number of thiazole rings is 1. The van der Waals surface area contributed by atoms with Gasteiger partial charge in [-0.1, -0.05) is 41.9 Å². The standard InChI is InChI=1S/C21H16ClN3O3S/c22-17-4-2-1-3-16(17)18-12-29-21(24-18)25-20(28)15(10-19(26)27)9-13-5-7-14(11-23)8-6-13/h1-8,12,15H,9-10H2,(H,26,27)(H,24,25,28). The molecule has 1 atom stereocenters. The number of aromatic nitrogens is 1. The molecule has 0 aliphatic carbocycles. The molecule has 6 nitrogen and oxygen atoms in total. The van der Waals surface area contributed by atoms with E-state index in [0.717, 1.165) is 11.1 Å². The van der Waals surface area contributed by atoms with E-state index in [2.05, 4.69) is 10.3 Å². The van der Waals surface area contributed by atoms with E-state index in [1.54, 1.807) is 35.7 Å². The predicted molar refractivity (Wildman–Crippen MR) is 112 cm³/mol. The van der Waals surface area contributed by atoms with Gasteiger partial charge in [0.2, 0.25) is 5.91 Å². The van der Waals surface area contributed by atoms with Gasteiger partial charge in [0.25, 0.3) is 0 Å². The predicted octanol–water partition coefficient (Wildman–Crippen LogP) is 4.61. The summed E-state index contributed by atoms with van der Waals surface area (Å²) in [4.78, 5) is 28.3. The maximum absolute atomic E-state index is 12.7. The molecular weight excluding hydrogens is 410 g/mol. The molecule has 2 aromatic carbocycles. The van der Waals surface area contributed by atoms with Crippen molar-refractivity contribution in [1.82, 2.24) is 4.98 Å². The number of carbonyl (C=O) groups is 2. The van der Waals surface area contributed by atoms with Crippen LogP contribution in [0.15, 0.2) is 53.9 Å². The number of nitrogens with zero attached hydrogens (tertiary/aromatic N) is 2. The molecule has 0 bridgehead atoms. The molecule has 1 aromatic heterocycles. The molecule has 0 radical (unpaired) electrons. The summed E-state index contributed by atoms with van der Waals surface area (Å²) < 4.78 is 0. The number of carboxylic acids is 1. The van der Waals surface area contributed by atoms with Crippen molar-refractivity contribution in [3.05, 3.63) is 70.1 Å². The largest absolute Gasteiger partial charge is 0.481 e. The number of nitriles is 1. The van der Waals surface area contributed by atoms with Gasteiger partial charge >= 0.3 is 5.97 Å². The highest BCUT2D eigenvalue weighted by atomic mass is 35.5. The molecule has 3 aromatic rings. The van der Waals surface area contributed by atoms with E-state index in [1.165, 1.54) is 11.3 Å². The van der Waals surface area contributed by atoms with E-state index in [-0.39, 0.29) is 12.8 Å². The van der Waals surface area contributed by atoms with Crippen molar-refractivity contribution >= 4 is 39.9 Å². The van der Waals surface area contributed by atoms with Crippen LogP contribution in [-0.2, 0) is 16.0 Å². The summed E-state index contributed by atoms with van der Waals surface area (Å²) in [6.07, 6.45) is -0.0683. The van der Waals surface area contributed by atoms with Gasteiger partial charge in [-0.05, 0) is 30.2 Å². The first kappa shape index (κ1) is 20.5. The SMILES string of the molecule is N#Cc1ccc(CC(CC(=O)O)C(=O)Nc2nc(-c3ccccc3Cl)cs2)cc1. The van der Waals surface area contributed by atoms with E-state index in [1.807, 2.05) is 24.3 Å². The molecule has 1 amide bonds. The summed E-state index contributed by atoms with van der Waals surface area (Å²) in [5, 5.41) is 23.5. The molecule has 1 unspecified atom stereocenters. The fourth-order valence-corrected chi connectivity index (χ4v) is 3.75. The zero-order chi connectivity index (χ0) is 20.8. The number of halogens is 1. The van der Waals surface area contributed by atoms with Gasteiger partial charge in [0.05, 0.1) is 29.7 Å². The number of hydrogen-bond acceptors (Lipinski definition) is 5. The number of hydrogen-bond donors (Lipinski definition) is 2. The number of benzene rings is 2. The van der Waals surface area contributed by atoms with Crippen molar-refractivity contribution < 1.29 is 14.7 Å². The average Bonchev–Trinajstić information content (AvgIpc) is 3.16. The summed E-state index contributed by atoms with van der Waals surface area (Å²) in [6.45, 7) is 0. The van der Waals surface area contributed by atoms with Crippen LogP contribution in [0, 0.1) is 17.2 Å². The minimum Gasteiger partial charge on any atom is -0.481 e. The van der Waals surface area contributed by atoms with Gasteiger partial charge in [0.15, 0.2) is 5.13 Å². The summed E-state index contributed by atoms with van der Waals surface area (Å²) in [5.74, 6) is -2.25. The van der Waals surface area contributed by atoms with Gasteiger partial charge in [-0.3, -0.25) is 9.59 Å². The number of carbonyl (C=O) groups excluding carboxylic acids is 1. The zero-order valence-electron chi connectivity index (χ0n) is 15.1. The monoisotopic (exact) mass is 425 g/mol. The lowest BCUT2D eigenvalue weighted by atomic mass is 9.95. The quantitative estimate of drug-likeness (QED) is 0.575. The lowest BCUT2D eigenvalue weighted by molar-refractivity contribution is -0.140. The molecule has 146 valence electrons. The van der Waals surface area contributed by atoms with Crippen LogP contribution in [0.4, 0.5) is 5.13 Å². The summed E-state index contributed by atoms with van der Waals surface area (Å²) >= 11 is 7.43. The highest BCUT2D eigenvalue weighted by Gasteiger charge is 2.23. The third-order valence-electron chi connectivity index (χ3n) is 4.24. The van der Waals surface area contributed by atoms with Crippen molar-refractivity contribution in [2.24, 2.45) is 5.92 Å². The van der Waals surface area contributed by atoms with Crippen LogP contribution in [0.25, 0.3) is 11.3 Å². The molecule has 1 heterocycles. The lowest BCUT2D eigenvalue weighted by Gasteiger charge is -2.14. The second kappa shape index (κ2) is 9.32. The fourth-order valence-electron chi connectivity index (χ4n) is 2.80. The van der Waals surface area contributed by atoms with E-state index in [0.29, 0.717) is 21.4 Å². The Hall–Kier alpha value is -3.21.